The molecule has 0 spiro atoms. The summed E-state index contributed by atoms with van der Waals surface area (Å²) in [6.45, 7) is 5.93. The van der Waals surface area contributed by atoms with Crippen molar-refractivity contribution in [3.05, 3.63) is 31.9 Å². The lowest BCUT2D eigenvalue weighted by Gasteiger charge is -2.29. The first-order chi connectivity index (χ1) is 17.2. The van der Waals surface area contributed by atoms with E-state index in [2.05, 4.69) is 17.9 Å². The van der Waals surface area contributed by atoms with Gasteiger partial charge in [0, 0.05) is 25.2 Å². The molecule has 0 N–H and O–H groups in total. The van der Waals surface area contributed by atoms with Crippen molar-refractivity contribution >= 4 is 55.9 Å². The molecule has 4 heterocycles. The van der Waals surface area contributed by atoms with Crippen molar-refractivity contribution < 1.29 is 13.2 Å². The van der Waals surface area contributed by atoms with E-state index in [1.807, 2.05) is 0 Å². The molecule has 1 aromatic heterocycles. The standard InChI is InChI=1S/C25H32N4O4S3/c1-3-4-12-28-22(27-10-7-5-6-8-11-27)19(17(2)20(15-26)23(28)30)14-21-24(31)29(25(34)35-21)18-9-13-36(32,33)16-18/h14,18H,3-13,16H2,1-2H3. The number of hydrogen-bond acceptors (Lipinski definition) is 8. The highest BCUT2D eigenvalue weighted by molar-refractivity contribution is 8.26. The molecule has 0 radical (unpaired) electrons. The van der Waals surface area contributed by atoms with E-state index in [0.29, 0.717) is 33.3 Å². The van der Waals surface area contributed by atoms with Crippen LogP contribution in [0.1, 0.15) is 68.6 Å². The van der Waals surface area contributed by atoms with E-state index in [-0.39, 0.29) is 28.5 Å². The highest BCUT2D eigenvalue weighted by Crippen LogP contribution is 2.38. The number of anilines is 1. The summed E-state index contributed by atoms with van der Waals surface area (Å²) in [4.78, 5) is 30.9. The van der Waals surface area contributed by atoms with E-state index in [1.165, 1.54) is 4.90 Å². The summed E-state index contributed by atoms with van der Waals surface area (Å²) >= 11 is 6.66. The van der Waals surface area contributed by atoms with Gasteiger partial charge in [0.15, 0.2) is 9.84 Å². The Hall–Kier alpha value is -2.16. The van der Waals surface area contributed by atoms with Gasteiger partial charge in [0.1, 0.15) is 21.8 Å². The van der Waals surface area contributed by atoms with Crippen LogP contribution in [0.15, 0.2) is 9.70 Å². The average molecular weight is 549 g/mol. The molecular weight excluding hydrogens is 517 g/mol. The molecule has 3 aliphatic heterocycles. The molecule has 1 atom stereocenters. The zero-order valence-electron chi connectivity index (χ0n) is 20.8. The molecule has 8 nitrogen and oxygen atoms in total. The number of amides is 1. The number of nitrogens with zero attached hydrogens (tertiary/aromatic N) is 4. The minimum absolute atomic E-state index is 0.0555. The third-order valence-electron chi connectivity index (χ3n) is 7.16. The topological polar surface area (TPSA) is 103 Å². The zero-order chi connectivity index (χ0) is 26.0. The first-order valence-electron chi connectivity index (χ1n) is 12.6. The maximum atomic E-state index is 13.5. The van der Waals surface area contributed by atoms with Crippen molar-refractivity contribution in [2.75, 3.05) is 29.5 Å². The number of rotatable bonds is 6. The number of pyridine rings is 1. The molecule has 1 aromatic rings. The summed E-state index contributed by atoms with van der Waals surface area (Å²) in [5, 5.41) is 9.85. The van der Waals surface area contributed by atoms with Gasteiger partial charge in [-0.1, -0.05) is 50.2 Å². The molecule has 36 heavy (non-hydrogen) atoms. The van der Waals surface area contributed by atoms with Crippen LogP contribution in [-0.4, -0.2) is 58.7 Å². The van der Waals surface area contributed by atoms with Crippen LogP contribution >= 0.6 is 24.0 Å². The number of carbonyl (C=O) groups excluding carboxylic acids is 1. The van der Waals surface area contributed by atoms with Crippen molar-refractivity contribution in [1.29, 1.82) is 5.26 Å². The Kier molecular flexibility index (Phi) is 8.27. The summed E-state index contributed by atoms with van der Waals surface area (Å²) in [5.41, 5.74) is 1.06. The van der Waals surface area contributed by atoms with Crippen LogP contribution in [-0.2, 0) is 21.2 Å². The highest BCUT2D eigenvalue weighted by atomic mass is 32.2. The molecule has 3 aliphatic rings. The third-order valence-corrected chi connectivity index (χ3v) is 10.2. The average Bonchev–Trinajstić information content (AvgIpc) is 3.18. The van der Waals surface area contributed by atoms with Crippen LogP contribution in [0.2, 0.25) is 0 Å². The maximum Gasteiger partial charge on any atom is 0.270 e. The van der Waals surface area contributed by atoms with E-state index >= 15 is 0 Å². The molecule has 0 aromatic carbocycles. The van der Waals surface area contributed by atoms with Gasteiger partial charge >= 0.3 is 0 Å². The largest absolute Gasteiger partial charge is 0.357 e. The fourth-order valence-electron chi connectivity index (χ4n) is 5.20. The molecule has 194 valence electrons. The van der Waals surface area contributed by atoms with Gasteiger partial charge in [-0.05, 0) is 44.2 Å². The van der Waals surface area contributed by atoms with Crippen LogP contribution in [0.25, 0.3) is 6.08 Å². The Morgan fingerprint density at radius 1 is 1.19 bits per heavy atom. The Balaban J connectivity index is 1.85. The lowest BCUT2D eigenvalue weighted by molar-refractivity contribution is -0.123. The van der Waals surface area contributed by atoms with Gasteiger partial charge in [-0.2, -0.15) is 5.26 Å². The fraction of sp³-hybridized carbons (Fsp3) is 0.600. The van der Waals surface area contributed by atoms with Gasteiger partial charge < -0.3 is 4.90 Å². The molecule has 4 rings (SSSR count). The lowest BCUT2D eigenvalue weighted by Crippen LogP contribution is -2.39. The number of carbonyl (C=O) groups is 1. The number of aromatic nitrogens is 1. The molecule has 3 saturated heterocycles. The fourth-order valence-corrected chi connectivity index (χ4v) is 8.28. The van der Waals surface area contributed by atoms with E-state index in [4.69, 9.17) is 12.2 Å². The molecule has 1 unspecified atom stereocenters. The van der Waals surface area contributed by atoms with E-state index in [9.17, 15) is 23.3 Å². The second kappa shape index (κ2) is 11.1. The summed E-state index contributed by atoms with van der Waals surface area (Å²) in [5.74, 6) is 0.434. The SMILES string of the molecule is CCCCn1c(N2CCCCCC2)c(C=C2SC(=S)N(C3CCS(=O)(=O)C3)C2=O)c(C)c(C#N)c1=O. The lowest BCUT2D eigenvalue weighted by atomic mass is 10.0. The van der Waals surface area contributed by atoms with E-state index < -0.39 is 15.9 Å². The van der Waals surface area contributed by atoms with Crippen molar-refractivity contribution in [3.63, 3.8) is 0 Å². The molecule has 0 aliphatic carbocycles. The van der Waals surface area contributed by atoms with Gasteiger partial charge in [0.05, 0.1) is 22.5 Å². The van der Waals surface area contributed by atoms with Gasteiger partial charge in [-0.15, -0.1) is 0 Å². The van der Waals surface area contributed by atoms with Gasteiger partial charge in [-0.3, -0.25) is 19.1 Å². The Morgan fingerprint density at radius 3 is 2.47 bits per heavy atom. The molecular formula is C25H32N4O4S3. The third kappa shape index (κ3) is 5.27. The van der Waals surface area contributed by atoms with Crippen LogP contribution < -0.4 is 10.5 Å². The number of unbranched alkanes of at least 4 members (excludes halogenated alkanes) is 1. The predicted molar refractivity (Wildman–Crippen MR) is 148 cm³/mol. The summed E-state index contributed by atoms with van der Waals surface area (Å²) in [7, 11) is -3.18. The number of thioether (sulfide) groups is 1. The van der Waals surface area contributed by atoms with Crippen LogP contribution in [0.4, 0.5) is 5.82 Å². The second-order valence-corrected chi connectivity index (χ2v) is 13.6. The van der Waals surface area contributed by atoms with Crippen LogP contribution in [0.3, 0.4) is 0 Å². The highest BCUT2D eigenvalue weighted by Gasteiger charge is 2.42. The Bertz CT molecular complexity index is 1300. The minimum Gasteiger partial charge on any atom is -0.357 e. The second-order valence-electron chi connectivity index (χ2n) is 9.67. The molecule has 0 saturated carbocycles. The van der Waals surface area contributed by atoms with Crippen LogP contribution in [0.5, 0.6) is 0 Å². The molecule has 0 bridgehead atoms. The monoisotopic (exact) mass is 548 g/mol. The van der Waals surface area contributed by atoms with Crippen molar-refractivity contribution in [2.45, 2.75) is 71.4 Å². The van der Waals surface area contributed by atoms with Gasteiger partial charge in [0.2, 0.25) is 0 Å². The van der Waals surface area contributed by atoms with Crippen molar-refractivity contribution in [2.24, 2.45) is 0 Å². The first-order valence-corrected chi connectivity index (χ1v) is 15.6. The molecule has 1 amide bonds. The summed E-state index contributed by atoms with van der Waals surface area (Å²) < 4.78 is 26.1. The quantitative estimate of drug-likeness (QED) is 0.392. The minimum atomic E-state index is -3.18. The number of thiocarbonyl (C=S) groups is 1. The normalized spacial score (nSPS) is 23.4. The van der Waals surface area contributed by atoms with Crippen molar-refractivity contribution in [3.8, 4) is 6.07 Å². The summed E-state index contributed by atoms with van der Waals surface area (Å²) in [6.07, 6.45) is 8.12. The molecule has 11 heteroatoms. The predicted octanol–water partition coefficient (Wildman–Crippen LogP) is 3.60. The van der Waals surface area contributed by atoms with Crippen molar-refractivity contribution in [1.82, 2.24) is 9.47 Å². The molecule has 3 fully saturated rings. The van der Waals surface area contributed by atoms with E-state index in [1.54, 1.807) is 17.6 Å². The van der Waals surface area contributed by atoms with Gasteiger partial charge in [0.25, 0.3) is 11.5 Å². The van der Waals surface area contributed by atoms with Crippen LogP contribution in [0, 0.1) is 18.3 Å². The zero-order valence-corrected chi connectivity index (χ0v) is 23.2. The smallest absolute Gasteiger partial charge is 0.270 e. The number of sulfone groups is 1. The number of nitriles is 1. The van der Waals surface area contributed by atoms with E-state index in [0.717, 1.165) is 69.2 Å². The summed E-state index contributed by atoms with van der Waals surface area (Å²) in [6, 6.07) is 1.64. The Morgan fingerprint density at radius 2 is 1.89 bits per heavy atom. The Labute approximate surface area is 222 Å². The number of hydrogen-bond donors (Lipinski definition) is 0. The first kappa shape index (κ1) is 26.9. The maximum absolute atomic E-state index is 13.5. The van der Waals surface area contributed by atoms with Gasteiger partial charge in [-0.25, -0.2) is 8.42 Å².